The molecule has 0 heterocycles. The molecule has 0 bridgehead atoms. The summed E-state index contributed by atoms with van der Waals surface area (Å²) in [6.45, 7) is 32.5. The number of hydrogen-bond donors (Lipinski definition) is 4. The van der Waals surface area contributed by atoms with Crippen LogP contribution < -0.4 is 20.4 Å². The molecular formula is C60H116O20Zr. The van der Waals surface area contributed by atoms with Crippen molar-refractivity contribution >= 4 is 23.9 Å². The topological polar surface area (TPSA) is 315 Å². The summed E-state index contributed by atoms with van der Waals surface area (Å²) in [7, 11) is 0. The number of rotatable bonds is 48. The maximum atomic E-state index is 11.4. The normalized spacial score (nSPS) is 14.9. The first-order valence-electron chi connectivity index (χ1n) is 30.6. The van der Waals surface area contributed by atoms with Gasteiger partial charge >= 0.3 is 26.2 Å². The molecule has 0 rings (SSSR count). The Morgan fingerprint density at radius 1 is 0.259 bits per heavy atom. The molecule has 0 aliphatic carbocycles. The Balaban J connectivity index is -0.000000316. The van der Waals surface area contributed by atoms with Crippen molar-refractivity contribution in [3.8, 4) is 0 Å². The van der Waals surface area contributed by atoms with E-state index in [0.29, 0.717) is 103 Å². The summed E-state index contributed by atoms with van der Waals surface area (Å²) in [6.07, 6.45) is 15.8. The van der Waals surface area contributed by atoms with Gasteiger partial charge in [0.15, 0.2) is 0 Å². The second kappa shape index (κ2) is 48.4. The number of unbranched alkanes of at least 4 members (excludes halogenated alkanes) is 8. The average Bonchev–Trinajstić information content (AvgIpc) is 3.44. The Hall–Kier alpha value is -1.72. The Morgan fingerprint density at radius 2 is 0.370 bits per heavy atom. The van der Waals surface area contributed by atoms with Crippen molar-refractivity contribution in [1.29, 1.82) is 0 Å². The van der Waals surface area contributed by atoms with E-state index in [1.807, 2.05) is 55.4 Å². The zero-order chi connectivity index (χ0) is 62.6. The zero-order valence-corrected chi connectivity index (χ0v) is 55.9. The van der Waals surface area contributed by atoms with Crippen molar-refractivity contribution in [3.63, 3.8) is 0 Å². The van der Waals surface area contributed by atoms with E-state index in [2.05, 4.69) is 0 Å². The second-order valence-corrected chi connectivity index (χ2v) is 20.1. The van der Waals surface area contributed by atoms with Crippen LogP contribution in [0.25, 0.3) is 0 Å². The van der Waals surface area contributed by atoms with Gasteiger partial charge in [0.05, 0.1) is 26.4 Å². The largest absolute Gasteiger partial charge is 4.00 e. The van der Waals surface area contributed by atoms with E-state index < -0.39 is 69.4 Å². The molecule has 0 saturated heterocycles. The van der Waals surface area contributed by atoms with Crippen LogP contribution in [0.4, 0.5) is 0 Å². The Morgan fingerprint density at radius 3 is 0.457 bits per heavy atom. The smallest absolute Gasteiger partial charge is 0.544 e. The van der Waals surface area contributed by atoms with Crippen molar-refractivity contribution in [2.75, 3.05) is 52.9 Å². The minimum atomic E-state index is -2.40. The molecule has 4 unspecified atom stereocenters. The summed E-state index contributed by atoms with van der Waals surface area (Å²) >= 11 is 0. The molecule has 21 heteroatoms. The molecule has 0 spiro atoms. The number of ether oxygens (including phenoxy) is 8. The molecule has 0 fully saturated rings. The fourth-order valence-corrected chi connectivity index (χ4v) is 8.73. The monoisotopic (exact) mass is 1250 g/mol. The standard InChI is InChI=1S/4C15H30O5.Zr/c4*1-5-9-11-19-14(7-3,8-4)15(18,13(16)17)20-12-10-6-2;/h4*18H,5-12H2,1-4H3,(H,16,17);/q;;;;+4/p-4. The molecule has 20 nitrogen and oxygen atoms in total. The van der Waals surface area contributed by atoms with Crippen LogP contribution in [-0.4, -0.2) is 143 Å². The number of carbonyl (C=O) groups is 4. The first-order chi connectivity index (χ1) is 37.7. The van der Waals surface area contributed by atoms with Crippen LogP contribution in [0.15, 0.2) is 0 Å². The number of carbonyl (C=O) groups excluding carboxylic acids is 4. The van der Waals surface area contributed by atoms with E-state index in [4.69, 9.17) is 37.9 Å². The summed E-state index contributed by atoms with van der Waals surface area (Å²) in [5.74, 6) is -16.1. The Kier molecular flexibility index (Phi) is 52.6. The number of aliphatic hydroxyl groups is 4. The molecule has 0 aliphatic heterocycles. The van der Waals surface area contributed by atoms with E-state index in [1.54, 1.807) is 55.4 Å². The molecule has 480 valence electrons. The number of carboxylic acid groups (broad SMARTS) is 4. The fraction of sp³-hybridized carbons (Fsp3) is 0.933. The third-order valence-electron chi connectivity index (χ3n) is 14.9. The Labute approximate surface area is 508 Å². The van der Waals surface area contributed by atoms with E-state index in [1.165, 1.54) is 0 Å². The van der Waals surface area contributed by atoms with Crippen molar-refractivity contribution in [3.05, 3.63) is 0 Å². The summed E-state index contributed by atoms with van der Waals surface area (Å²) in [6, 6.07) is 0. The van der Waals surface area contributed by atoms with Crippen molar-refractivity contribution in [1.82, 2.24) is 0 Å². The van der Waals surface area contributed by atoms with Gasteiger partial charge in [-0.3, -0.25) is 0 Å². The zero-order valence-electron chi connectivity index (χ0n) is 53.4. The molecule has 0 saturated carbocycles. The molecule has 0 radical (unpaired) electrons. The molecule has 0 aliphatic rings. The molecule has 81 heavy (non-hydrogen) atoms. The van der Waals surface area contributed by atoms with Gasteiger partial charge in [-0.1, -0.05) is 162 Å². The van der Waals surface area contributed by atoms with Gasteiger partial charge in [0.25, 0.3) is 0 Å². The van der Waals surface area contributed by atoms with E-state index in [9.17, 15) is 60.0 Å². The second-order valence-electron chi connectivity index (χ2n) is 20.1. The molecule has 0 amide bonds. The summed E-state index contributed by atoms with van der Waals surface area (Å²) in [5, 5.41) is 87.8. The van der Waals surface area contributed by atoms with Crippen LogP contribution in [0.1, 0.15) is 265 Å². The molecule has 4 atom stereocenters. The number of carboxylic acids is 4. The SMILES string of the molecule is CCCCOC(CC)(CC)C(O)(OCCCC)C(=O)[O-].CCCCOC(CC)(CC)C(O)(OCCCC)C(=O)[O-].CCCCOC(CC)(CC)C(O)(OCCCC)C(=O)[O-].CCCCOC(CC)(CC)C(O)(OCCCC)C(=O)[O-].[Zr+4]. The van der Waals surface area contributed by atoms with Crippen LogP contribution in [-0.2, 0) is 83.3 Å². The van der Waals surface area contributed by atoms with Gasteiger partial charge in [0.1, 0.15) is 46.3 Å². The van der Waals surface area contributed by atoms with Crippen LogP contribution in [0.2, 0.25) is 0 Å². The van der Waals surface area contributed by atoms with Gasteiger partial charge in [0.2, 0.25) is 23.1 Å². The van der Waals surface area contributed by atoms with Crippen LogP contribution in [0, 0.1) is 0 Å². The van der Waals surface area contributed by atoms with Crippen molar-refractivity contribution in [2.24, 2.45) is 0 Å². The first kappa shape index (κ1) is 88.1. The van der Waals surface area contributed by atoms with Gasteiger partial charge in [0, 0.05) is 26.4 Å². The van der Waals surface area contributed by atoms with Crippen LogP contribution in [0.5, 0.6) is 0 Å². The molecular weight excluding hydrogens is 1130 g/mol. The quantitative estimate of drug-likeness (QED) is 0.0375. The minimum Gasteiger partial charge on any atom is -0.544 e. The van der Waals surface area contributed by atoms with Gasteiger partial charge in [-0.05, 0) is 103 Å². The summed E-state index contributed by atoms with van der Waals surface area (Å²) < 4.78 is 44.0. The molecule has 4 N–H and O–H groups in total. The summed E-state index contributed by atoms with van der Waals surface area (Å²) in [5.41, 5.74) is -5.08. The van der Waals surface area contributed by atoms with Crippen LogP contribution >= 0.6 is 0 Å². The molecule has 0 aromatic rings. The van der Waals surface area contributed by atoms with E-state index in [-0.39, 0.29) is 52.6 Å². The Bertz CT molecular complexity index is 1330. The number of hydrogen-bond acceptors (Lipinski definition) is 20. The fourth-order valence-electron chi connectivity index (χ4n) is 8.73. The van der Waals surface area contributed by atoms with Gasteiger partial charge in [-0.15, -0.1) is 0 Å². The average molecular weight is 1250 g/mol. The number of aliphatic carboxylic acids is 4. The van der Waals surface area contributed by atoms with Crippen molar-refractivity contribution < 1.29 is 124 Å². The van der Waals surface area contributed by atoms with E-state index in [0.717, 1.165) is 77.0 Å². The third-order valence-corrected chi connectivity index (χ3v) is 14.9. The van der Waals surface area contributed by atoms with Gasteiger partial charge in [-0.25, -0.2) is 0 Å². The van der Waals surface area contributed by atoms with Crippen LogP contribution in [0.3, 0.4) is 0 Å². The summed E-state index contributed by atoms with van der Waals surface area (Å²) in [4.78, 5) is 45.8. The predicted octanol–water partition coefficient (Wildman–Crippen LogP) is 6.47. The van der Waals surface area contributed by atoms with Gasteiger partial charge in [-0.2, -0.15) is 0 Å². The maximum Gasteiger partial charge on any atom is 4.00 e. The first-order valence-corrected chi connectivity index (χ1v) is 30.6. The predicted molar refractivity (Wildman–Crippen MR) is 300 cm³/mol. The van der Waals surface area contributed by atoms with Gasteiger partial charge < -0.3 is 97.9 Å². The molecule has 0 aromatic heterocycles. The van der Waals surface area contributed by atoms with Crippen molar-refractivity contribution in [2.45, 2.75) is 310 Å². The third kappa shape index (κ3) is 26.8. The molecule has 0 aromatic carbocycles. The van der Waals surface area contributed by atoms with E-state index >= 15 is 0 Å². The maximum absolute atomic E-state index is 11.4. The minimum absolute atomic E-state index is 0.